The third-order valence-electron chi connectivity index (χ3n) is 3.66. The summed E-state index contributed by atoms with van der Waals surface area (Å²) in [7, 11) is -8.02. The lowest BCUT2D eigenvalue weighted by Crippen LogP contribution is -2.44. The zero-order valence-corrected chi connectivity index (χ0v) is 15.6. The quantitative estimate of drug-likeness (QED) is 0.578. The Labute approximate surface area is 146 Å². The maximum atomic E-state index is 14.0. The van der Waals surface area contributed by atoms with Crippen LogP contribution in [0.1, 0.15) is 27.2 Å². The average Bonchev–Trinajstić information content (AvgIpc) is 2.53. The molecule has 0 saturated carbocycles. The normalized spacial score (nSPS) is 14.7. The number of carbonyl (C=O) groups is 1. The maximum absolute atomic E-state index is 14.0. The van der Waals surface area contributed by atoms with E-state index >= 15 is 0 Å². The highest BCUT2D eigenvalue weighted by Crippen LogP contribution is 2.21. The minimum atomic E-state index is -4.30. The summed E-state index contributed by atoms with van der Waals surface area (Å²) in [4.78, 5) is 10.7. The number of sulfonamides is 2. The third-order valence-corrected chi connectivity index (χ3v) is 6.39. The first-order valence-corrected chi connectivity index (χ1v) is 10.6. The highest BCUT2D eigenvalue weighted by molar-refractivity contribution is 7.92. The zero-order chi connectivity index (χ0) is 19.4. The van der Waals surface area contributed by atoms with Gasteiger partial charge in [-0.1, -0.05) is 20.3 Å². The van der Waals surface area contributed by atoms with Crippen LogP contribution < -0.4 is 9.44 Å². The van der Waals surface area contributed by atoms with E-state index in [0.717, 1.165) is 12.1 Å². The lowest BCUT2D eigenvalue weighted by Gasteiger charge is -2.20. The molecule has 2 atom stereocenters. The van der Waals surface area contributed by atoms with Crippen LogP contribution in [0, 0.1) is 11.7 Å². The summed E-state index contributed by atoms with van der Waals surface area (Å²) in [6.45, 7) is 4.65. The van der Waals surface area contributed by atoms with Crippen molar-refractivity contribution in [1.82, 2.24) is 4.72 Å². The van der Waals surface area contributed by atoms with Crippen molar-refractivity contribution in [3.8, 4) is 0 Å². The second-order valence-electron chi connectivity index (χ2n) is 5.47. The number of anilines is 1. The standard InChI is InChI=1S/C14H21FN2O6S2/c1-4-9(3)13(14(18)19)17-25(22,23)10-6-7-12(11(15)8-10)16-24(20,21)5-2/h6-9,13,16-17H,4-5H2,1-3H3,(H,18,19)/t9-,13-/m0/s1. The van der Waals surface area contributed by atoms with Crippen molar-refractivity contribution in [1.29, 1.82) is 0 Å². The number of nitrogens with one attached hydrogen (secondary N) is 2. The van der Waals surface area contributed by atoms with Crippen LogP contribution in [-0.4, -0.2) is 39.7 Å². The average molecular weight is 396 g/mol. The molecule has 0 aromatic heterocycles. The van der Waals surface area contributed by atoms with E-state index in [4.69, 9.17) is 5.11 Å². The van der Waals surface area contributed by atoms with E-state index in [1.807, 2.05) is 9.44 Å². The van der Waals surface area contributed by atoms with Crippen LogP contribution >= 0.6 is 0 Å². The van der Waals surface area contributed by atoms with Crippen LogP contribution in [0.2, 0.25) is 0 Å². The summed E-state index contributed by atoms with van der Waals surface area (Å²) in [6.07, 6.45) is 0.422. The molecule has 0 unspecified atom stereocenters. The second-order valence-corrected chi connectivity index (χ2v) is 9.19. The van der Waals surface area contributed by atoms with Gasteiger partial charge in [-0.15, -0.1) is 0 Å². The Kier molecular flexibility index (Phi) is 6.91. The Bertz CT molecular complexity index is 839. The lowest BCUT2D eigenvalue weighted by atomic mass is 10.0. The van der Waals surface area contributed by atoms with E-state index in [-0.39, 0.29) is 5.75 Å². The van der Waals surface area contributed by atoms with E-state index in [9.17, 15) is 26.0 Å². The Hall–Kier alpha value is -1.72. The summed E-state index contributed by atoms with van der Waals surface area (Å²) < 4.78 is 65.6. The fraction of sp³-hybridized carbons (Fsp3) is 0.500. The van der Waals surface area contributed by atoms with Gasteiger partial charge in [0.05, 0.1) is 16.3 Å². The monoisotopic (exact) mass is 396 g/mol. The van der Waals surface area contributed by atoms with Crippen molar-refractivity contribution in [2.45, 2.75) is 38.1 Å². The van der Waals surface area contributed by atoms with E-state index in [1.54, 1.807) is 13.8 Å². The topological polar surface area (TPSA) is 130 Å². The van der Waals surface area contributed by atoms with Crippen LogP contribution in [0.15, 0.2) is 23.1 Å². The van der Waals surface area contributed by atoms with E-state index in [1.165, 1.54) is 6.92 Å². The number of halogens is 1. The molecular weight excluding hydrogens is 375 g/mol. The van der Waals surface area contributed by atoms with Gasteiger partial charge < -0.3 is 5.11 Å². The number of hydrogen-bond acceptors (Lipinski definition) is 5. The summed E-state index contributed by atoms with van der Waals surface area (Å²) in [5, 5.41) is 9.16. The van der Waals surface area contributed by atoms with Crippen LogP contribution in [-0.2, 0) is 24.8 Å². The fourth-order valence-corrected chi connectivity index (χ4v) is 3.82. The van der Waals surface area contributed by atoms with Crippen molar-refractivity contribution >= 4 is 31.7 Å². The molecule has 25 heavy (non-hydrogen) atoms. The number of rotatable bonds is 9. The molecule has 142 valence electrons. The Balaban J connectivity index is 3.15. The van der Waals surface area contributed by atoms with Gasteiger partial charge in [0.1, 0.15) is 11.9 Å². The molecule has 1 rings (SSSR count). The molecule has 0 amide bonds. The Morgan fingerprint density at radius 3 is 2.28 bits per heavy atom. The molecule has 0 heterocycles. The van der Waals surface area contributed by atoms with Gasteiger partial charge >= 0.3 is 5.97 Å². The van der Waals surface area contributed by atoms with Crippen LogP contribution in [0.25, 0.3) is 0 Å². The molecule has 0 aliphatic rings. The number of carboxylic acid groups (broad SMARTS) is 1. The van der Waals surface area contributed by atoms with Crippen LogP contribution in [0.3, 0.4) is 0 Å². The largest absolute Gasteiger partial charge is 0.480 e. The van der Waals surface area contributed by atoms with E-state index < -0.39 is 54.4 Å². The molecular formula is C14H21FN2O6S2. The van der Waals surface area contributed by atoms with Gasteiger partial charge in [-0.25, -0.2) is 21.2 Å². The van der Waals surface area contributed by atoms with E-state index in [2.05, 4.69) is 0 Å². The van der Waals surface area contributed by atoms with Gasteiger partial charge in [0.15, 0.2) is 0 Å². The molecule has 0 aliphatic heterocycles. The highest BCUT2D eigenvalue weighted by Gasteiger charge is 2.29. The molecule has 11 heteroatoms. The molecule has 0 radical (unpaired) electrons. The summed E-state index contributed by atoms with van der Waals surface area (Å²) >= 11 is 0. The number of benzene rings is 1. The van der Waals surface area contributed by atoms with Gasteiger partial charge in [-0.05, 0) is 31.0 Å². The van der Waals surface area contributed by atoms with Crippen molar-refractivity contribution in [3.05, 3.63) is 24.0 Å². The SMILES string of the molecule is CC[C@H](C)[C@H](NS(=O)(=O)c1ccc(NS(=O)(=O)CC)c(F)c1)C(=O)O. The molecule has 0 aliphatic carbocycles. The summed E-state index contributed by atoms with van der Waals surface area (Å²) in [5.74, 6) is -3.18. The second kappa shape index (κ2) is 8.11. The molecule has 1 aromatic carbocycles. The van der Waals surface area contributed by atoms with Crippen LogP contribution in [0.5, 0.6) is 0 Å². The Morgan fingerprint density at radius 2 is 1.84 bits per heavy atom. The first-order chi connectivity index (χ1) is 11.4. The van der Waals surface area contributed by atoms with Gasteiger partial charge in [-0.2, -0.15) is 4.72 Å². The lowest BCUT2D eigenvalue weighted by molar-refractivity contribution is -0.140. The van der Waals surface area contributed by atoms with Gasteiger partial charge in [-0.3, -0.25) is 9.52 Å². The molecule has 0 spiro atoms. The number of carboxylic acids is 1. The summed E-state index contributed by atoms with van der Waals surface area (Å²) in [5.41, 5.74) is -0.391. The van der Waals surface area contributed by atoms with Crippen LogP contribution in [0.4, 0.5) is 10.1 Å². The Morgan fingerprint density at radius 1 is 1.24 bits per heavy atom. The van der Waals surface area contributed by atoms with Crippen molar-refractivity contribution < 1.29 is 31.1 Å². The summed E-state index contributed by atoms with van der Waals surface area (Å²) in [6, 6.07) is 1.23. The predicted molar refractivity (Wildman–Crippen MR) is 90.7 cm³/mol. The van der Waals surface area contributed by atoms with Crippen molar-refractivity contribution in [2.24, 2.45) is 5.92 Å². The minimum absolute atomic E-state index is 0.275. The van der Waals surface area contributed by atoms with Crippen molar-refractivity contribution in [3.63, 3.8) is 0 Å². The predicted octanol–water partition coefficient (Wildman–Crippen LogP) is 1.36. The third kappa shape index (κ3) is 5.65. The fourth-order valence-electron chi connectivity index (χ4n) is 1.87. The molecule has 0 saturated heterocycles. The first kappa shape index (κ1) is 21.3. The van der Waals surface area contributed by atoms with Gasteiger partial charge in [0.2, 0.25) is 20.0 Å². The molecule has 0 bridgehead atoms. The number of hydrogen-bond donors (Lipinski definition) is 3. The minimum Gasteiger partial charge on any atom is -0.480 e. The van der Waals surface area contributed by atoms with E-state index in [0.29, 0.717) is 12.5 Å². The maximum Gasteiger partial charge on any atom is 0.322 e. The zero-order valence-electron chi connectivity index (χ0n) is 14.0. The highest BCUT2D eigenvalue weighted by atomic mass is 32.2. The molecule has 0 fully saturated rings. The molecule has 8 nitrogen and oxygen atoms in total. The molecule has 3 N–H and O–H groups in total. The molecule has 1 aromatic rings. The number of aliphatic carboxylic acids is 1. The smallest absolute Gasteiger partial charge is 0.322 e. The van der Waals surface area contributed by atoms with Crippen molar-refractivity contribution in [2.75, 3.05) is 10.5 Å². The first-order valence-electron chi connectivity index (χ1n) is 7.48. The van der Waals surface area contributed by atoms with Gasteiger partial charge in [0, 0.05) is 0 Å². The van der Waals surface area contributed by atoms with Gasteiger partial charge in [0.25, 0.3) is 0 Å².